The van der Waals surface area contributed by atoms with Crippen LogP contribution in [0.1, 0.15) is 38.2 Å². The molecular formula is C17H20O2. The Labute approximate surface area is 114 Å². The van der Waals surface area contributed by atoms with Crippen molar-refractivity contribution in [1.29, 1.82) is 0 Å². The van der Waals surface area contributed by atoms with Crippen LogP contribution in [0.2, 0.25) is 0 Å². The Morgan fingerprint density at radius 3 is 2.37 bits per heavy atom. The molecule has 0 fully saturated rings. The minimum Gasteiger partial charge on any atom is -0.504 e. The monoisotopic (exact) mass is 256 g/mol. The first kappa shape index (κ1) is 13.5. The first-order valence-corrected chi connectivity index (χ1v) is 6.75. The molecule has 2 aromatic rings. The second kappa shape index (κ2) is 5.79. The zero-order valence-electron chi connectivity index (χ0n) is 11.4. The van der Waals surface area contributed by atoms with Crippen molar-refractivity contribution >= 4 is 0 Å². The standard InChI is InChI=1S/C17H20O2/c1-3-7-12(2)13-8-4-5-9-14(13)15-10-6-11-16(18)17(15)19/h4-6,8-12,18-19H,3,7H2,1-2H3. The van der Waals surface area contributed by atoms with Gasteiger partial charge < -0.3 is 10.2 Å². The van der Waals surface area contributed by atoms with E-state index in [4.69, 9.17) is 0 Å². The minimum absolute atomic E-state index is 0.0429. The Morgan fingerprint density at radius 2 is 1.63 bits per heavy atom. The molecule has 2 rings (SSSR count). The lowest BCUT2D eigenvalue weighted by molar-refractivity contribution is 0.405. The number of aromatic hydroxyl groups is 2. The molecular weight excluding hydrogens is 236 g/mol. The van der Waals surface area contributed by atoms with E-state index in [2.05, 4.69) is 19.9 Å². The van der Waals surface area contributed by atoms with Crippen LogP contribution in [0.3, 0.4) is 0 Å². The fourth-order valence-electron chi connectivity index (χ4n) is 2.51. The molecule has 0 heterocycles. The quantitative estimate of drug-likeness (QED) is 0.780. The Morgan fingerprint density at radius 1 is 0.947 bits per heavy atom. The topological polar surface area (TPSA) is 40.5 Å². The predicted octanol–water partition coefficient (Wildman–Crippen LogP) is 4.67. The number of phenols is 2. The number of para-hydroxylation sites is 1. The van der Waals surface area contributed by atoms with Crippen LogP contribution < -0.4 is 0 Å². The minimum atomic E-state index is -0.0737. The highest BCUT2D eigenvalue weighted by molar-refractivity contribution is 5.76. The summed E-state index contributed by atoms with van der Waals surface area (Å²) in [5.74, 6) is 0.317. The average Bonchev–Trinajstić information content (AvgIpc) is 2.42. The van der Waals surface area contributed by atoms with E-state index in [-0.39, 0.29) is 11.5 Å². The summed E-state index contributed by atoms with van der Waals surface area (Å²) in [6.07, 6.45) is 2.23. The Hall–Kier alpha value is -1.96. The maximum absolute atomic E-state index is 10.0. The number of benzene rings is 2. The van der Waals surface area contributed by atoms with E-state index in [0.29, 0.717) is 11.5 Å². The second-order valence-electron chi connectivity index (χ2n) is 4.95. The molecule has 0 spiro atoms. The van der Waals surface area contributed by atoms with Crippen molar-refractivity contribution in [3.63, 3.8) is 0 Å². The summed E-state index contributed by atoms with van der Waals surface area (Å²) in [7, 11) is 0. The largest absolute Gasteiger partial charge is 0.504 e. The summed E-state index contributed by atoms with van der Waals surface area (Å²) in [4.78, 5) is 0. The van der Waals surface area contributed by atoms with Gasteiger partial charge in [-0.3, -0.25) is 0 Å². The molecule has 19 heavy (non-hydrogen) atoms. The molecule has 0 aromatic heterocycles. The van der Waals surface area contributed by atoms with Gasteiger partial charge in [0.2, 0.25) is 0 Å². The molecule has 0 saturated heterocycles. The van der Waals surface area contributed by atoms with Gasteiger partial charge in [0.1, 0.15) is 0 Å². The van der Waals surface area contributed by atoms with E-state index < -0.39 is 0 Å². The van der Waals surface area contributed by atoms with Crippen molar-refractivity contribution < 1.29 is 10.2 Å². The van der Waals surface area contributed by atoms with Gasteiger partial charge in [0.25, 0.3) is 0 Å². The smallest absolute Gasteiger partial charge is 0.165 e. The van der Waals surface area contributed by atoms with Crippen LogP contribution >= 0.6 is 0 Å². The van der Waals surface area contributed by atoms with Gasteiger partial charge >= 0.3 is 0 Å². The highest BCUT2D eigenvalue weighted by Crippen LogP contribution is 2.40. The van der Waals surface area contributed by atoms with Crippen molar-refractivity contribution in [2.24, 2.45) is 0 Å². The van der Waals surface area contributed by atoms with Crippen LogP contribution in [-0.4, -0.2) is 10.2 Å². The summed E-state index contributed by atoms with van der Waals surface area (Å²) in [6, 6.07) is 13.2. The van der Waals surface area contributed by atoms with E-state index in [1.54, 1.807) is 6.07 Å². The molecule has 0 aliphatic carbocycles. The highest BCUT2D eigenvalue weighted by atomic mass is 16.3. The Kier molecular flexibility index (Phi) is 4.10. The molecule has 100 valence electrons. The lowest BCUT2D eigenvalue weighted by Crippen LogP contribution is -1.96. The number of phenolic OH excluding ortho intramolecular Hbond substituents is 2. The zero-order chi connectivity index (χ0) is 13.8. The molecule has 0 saturated carbocycles. The van der Waals surface area contributed by atoms with Gasteiger partial charge in [-0.2, -0.15) is 0 Å². The van der Waals surface area contributed by atoms with Crippen LogP contribution in [0.4, 0.5) is 0 Å². The van der Waals surface area contributed by atoms with Crippen LogP contribution in [0.15, 0.2) is 42.5 Å². The molecule has 1 atom stereocenters. The zero-order valence-corrected chi connectivity index (χ0v) is 11.4. The summed E-state index contributed by atoms with van der Waals surface area (Å²) >= 11 is 0. The Bertz CT molecular complexity index is 561. The van der Waals surface area contributed by atoms with E-state index in [1.807, 2.05) is 24.3 Å². The molecule has 0 bridgehead atoms. The van der Waals surface area contributed by atoms with Gasteiger partial charge in [0, 0.05) is 5.56 Å². The molecule has 2 heteroatoms. The lowest BCUT2D eigenvalue weighted by Gasteiger charge is -2.17. The highest BCUT2D eigenvalue weighted by Gasteiger charge is 2.14. The predicted molar refractivity (Wildman–Crippen MR) is 78.5 cm³/mol. The fourth-order valence-corrected chi connectivity index (χ4v) is 2.51. The number of rotatable bonds is 4. The van der Waals surface area contributed by atoms with Crippen LogP contribution in [-0.2, 0) is 0 Å². The number of hydrogen-bond donors (Lipinski definition) is 2. The summed E-state index contributed by atoms with van der Waals surface area (Å²) in [5.41, 5.74) is 2.90. The van der Waals surface area contributed by atoms with Gasteiger partial charge in [-0.1, -0.05) is 56.7 Å². The molecule has 1 unspecified atom stereocenters. The van der Waals surface area contributed by atoms with E-state index in [1.165, 1.54) is 11.6 Å². The fraction of sp³-hybridized carbons (Fsp3) is 0.294. The van der Waals surface area contributed by atoms with Gasteiger partial charge in [-0.25, -0.2) is 0 Å². The number of hydrogen-bond acceptors (Lipinski definition) is 2. The van der Waals surface area contributed by atoms with Gasteiger partial charge in [0.15, 0.2) is 11.5 Å². The van der Waals surface area contributed by atoms with Crippen molar-refractivity contribution in [3.05, 3.63) is 48.0 Å². The molecule has 2 aromatic carbocycles. The van der Waals surface area contributed by atoms with Crippen LogP contribution in [0, 0.1) is 0 Å². The molecule has 0 radical (unpaired) electrons. The van der Waals surface area contributed by atoms with Gasteiger partial charge in [0.05, 0.1) is 0 Å². The van der Waals surface area contributed by atoms with Crippen molar-refractivity contribution in [2.75, 3.05) is 0 Å². The maximum Gasteiger partial charge on any atom is 0.165 e. The molecule has 0 amide bonds. The first-order valence-electron chi connectivity index (χ1n) is 6.75. The second-order valence-corrected chi connectivity index (χ2v) is 4.95. The molecule has 2 N–H and O–H groups in total. The first-order chi connectivity index (χ1) is 9.15. The van der Waals surface area contributed by atoms with E-state index >= 15 is 0 Å². The van der Waals surface area contributed by atoms with Crippen molar-refractivity contribution in [3.8, 4) is 22.6 Å². The van der Waals surface area contributed by atoms with Crippen LogP contribution in [0.5, 0.6) is 11.5 Å². The van der Waals surface area contributed by atoms with E-state index in [0.717, 1.165) is 18.4 Å². The third-order valence-electron chi connectivity index (χ3n) is 3.52. The van der Waals surface area contributed by atoms with Crippen molar-refractivity contribution in [2.45, 2.75) is 32.6 Å². The molecule has 0 aliphatic heterocycles. The summed E-state index contributed by atoms with van der Waals surface area (Å²) < 4.78 is 0. The van der Waals surface area contributed by atoms with Gasteiger partial charge in [-0.05, 0) is 29.5 Å². The normalized spacial score (nSPS) is 12.3. The van der Waals surface area contributed by atoms with Crippen LogP contribution in [0.25, 0.3) is 11.1 Å². The van der Waals surface area contributed by atoms with Crippen molar-refractivity contribution in [1.82, 2.24) is 0 Å². The van der Waals surface area contributed by atoms with E-state index in [9.17, 15) is 10.2 Å². The average molecular weight is 256 g/mol. The molecule has 2 nitrogen and oxygen atoms in total. The summed E-state index contributed by atoms with van der Waals surface area (Å²) in [6.45, 7) is 4.37. The van der Waals surface area contributed by atoms with Gasteiger partial charge in [-0.15, -0.1) is 0 Å². The third kappa shape index (κ3) is 2.73. The lowest BCUT2D eigenvalue weighted by atomic mass is 9.89. The molecule has 0 aliphatic rings. The third-order valence-corrected chi connectivity index (χ3v) is 3.52. The summed E-state index contributed by atoms with van der Waals surface area (Å²) in [5, 5.41) is 19.7. The SMILES string of the molecule is CCCC(C)c1ccccc1-c1cccc(O)c1O. The maximum atomic E-state index is 10.0. The Balaban J connectivity index is 2.53.